The highest BCUT2D eigenvalue weighted by Crippen LogP contribution is 2.21. The summed E-state index contributed by atoms with van der Waals surface area (Å²) in [4.78, 5) is 13.1. The quantitative estimate of drug-likeness (QED) is 0.665. The molecule has 14 heavy (non-hydrogen) atoms. The zero-order valence-corrected chi connectivity index (χ0v) is 8.91. The van der Waals surface area contributed by atoms with Crippen molar-refractivity contribution in [1.29, 1.82) is 0 Å². The van der Waals surface area contributed by atoms with Gasteiger partial charge in [-0.1, -0.05) is 0 Å². The number of primary amides is 1. The van der Waals surface area contributed by atoms with Gasteiger partial charge in [-0.05, 0) is 51.7 Å². The Morgan fingerprint density at radius 3 is 2.57 bits per heavy atom. The summed E-state index contributed by atoms with van der Waals surface area (Å²) in [5.41, 5.74) is 10.7. The third kappa shape index (κ3) is 3.64. The highest BCUT2D eigenvalue weighted by Gasteiger charge is 2.18. The molecule has 1 heterocycles. The van der Waals surface area contributed by atoms with Gasteiger partial charge in [0.05, 0.1) is 6.04 Å². The summed E-state index contributed by atoms with van der Waals surface area (Å²) in [6, 6.07) is -0.449. The number of carbonyl (C=O) groups is 1. The van der Waals surface area contributed by atoms with Crippen LogP contribution in [0.5, 0.6) is 0 Å². The summed E-state index contributed by atoms with van der Waals surface area (Å²) in [7, 11) is 2.14. The lowest BCUT2D eigenvalue weighted by Gasteiger charge is -2.29. The van der Waals surface area contributed by atoms with E-state index in [-0.39, 0.29) is 5.91 Å². The molecular formula is C10H21N3O. The van der Waals surface area contributed by atoms with Gasteiger partial charge in [-0.2, -0.15) is 0 Å². The van der Waals surface area contributed by atoms with E-state index in [9.17, 15) is 4.79 Å². The third-order valence-corrected chi connectivity index (χ3v) is 3.09. The molecule has 0 bridgehead atoms. The van der Waals surface area contributed by atoms with Gasteiger partial charge < -0.3 is 16.4 Å². The molecule has 4 heteroatoms. The van der Waals surface area contributed by atoms with Crippen molar-refractivity contribution in [2.24, 2.45) is 17.4 Å². The molecule has 1 fully saturated rings. The van der Waals surface area contributed by atoms with Crippen molar-refractivity contribution in [3.63, 3.8) is 0 Å². The number of carbonyl (C=O) groups excluding carboxylic acids is 1. The summed E-state index contributed by atoms with van der Waals surface area (Å²) >= 11 is 0. The second kappa shape index (κ2) is 5.32. The molecule has 0 aliphatic carbocycles. The average Bonchev–Trinajstić information content (AvgIpc) is 2.16. The average molecular weight is 199 g/mol. The first kappa shape index (κ1) is 11.5. The number of piperidine rings is 1. The molecule has 0 aromatic carbocycles. The first-order chi connectivity index (χ1) is 6.59. The van der Waals surface area contributed by atoms with Crippen molar-refractivity contribution in [1.82, 2.24) is 4.90 Å². The van der Waals surface area contributed by atoms with Gasteiger partial charge in [0.2, 0.25) is 5.91 Å². The Balaban J connectivity index is 2.16. The predicted octanol–water partition coefficient (Wildman–Crippen LogP) is -0.0790. The smallest absolute Gasteiger partial charge is 0.234 e. The zero-order chi connectivity index (χ0) is 10.6. The highest BCUT2D eigenvalue weighted by molar-refractivity contribution is 5.79. The standard InChI is InChI=1S/C10H21N3O/c1-13-6-4-8(5-7-13)2-3-9(11)10(12)14/h8-9H,2-7,11H2,1H3,(H2,12,14). The summed E-state index contributed by atoms with van der Waals surface area (Å²) in [5, 5.41) is 0. The van der Waals surface area contributed by atoms with Gasteiger partial charge in [-0.25, -0.2) is 0 Å². The van der Waals surface area contributed by atoms with Crippen LogP contribution in [0.25, 0.3) is 0 Å². The van der Waals surface area contributed by atoms with Crippen LogP contribution in [0.4, 0.5) is 0 Å². The molecule has 1 saturated heterocycles. The fraction of sp³-hybridized carbons (Fsp3) is 0.900. The maximum atomic E-state index is 10.7. The first-order valence-electron chi connectivity index (χ1n) is 5.33. The maximum absolute atomic E-state index is 10.7. The number of nitrogens with zero attached hydrogens (tertiary/aromatic N) is 1. The number of hydrogen-bond acceptors (Lipinski definition) is 3. The van der Waals surface area contributed by atoms with Gasteiger partial charge >= 0.3 is 0 Å². The van der Waals surface area contributed by atoms with Crippen LogP contribution in [0.2, 0.25) is 0 Å². The number of likely N-dealkylation sites (tertiary alicyclic amines) is 1. The Morgan fingerprint density at radius 2 is 2.07 bits per heavy atom. The second-order valence-electron chi connectivity index (χ2n) is 4.33. The molecule has 4 N–H and O–H groups in total. The molecule has 0 aromatic rings. The van der Waals surface area contributed by atoms with E-state index in [1.807, 2.05) is 0 Å². The molecule has 1 aliphatic rings. The van der Waals surface area contributed by atoms with E-state index in [0.717, 1.165) is 31.8 Å². The maximum Gasteiger partial charge on any atom is 0.234 e. The Labute approximate surface area is 85.6 Å². The molecule has 1 atom stereocenters. The van der Waals surface area contributed by atoms with Crippen molar-refractivity contribution >= 4 is 5.91 Å². The molecule has 4 nitrogen and oxygen atoms in total. The lowest BCUT2D eigenvalue weighted by molar-refractivity contribution is -0.119. The van der Waals surface area contributed by atoms with Crippen molar-refractivity contribution in [2.75, 3.05) is 20.1 Å². The number of hydrogen-bond donors (Lipinski definition) is 2. The van der Waals surface area contributed by atoms with Crippen LogP contribution >= 0.6 is 0 Å². The summed E-state index contributed by atoms with van der Waals surface area (Å²) < 4.78 is 0. The summed E-state index contributed by atoms with van der Waals surface area (Å²) in [6.45, 7) is 2.33. The fourth-order valence-electron chi connectivity index (χ4n) is 1.91. The van der Waals surface area contributed by atoms with Crippen LogP contribution in [0.15, 0.2) is 0 Å². The molecule has 82 valence electrons. The largest absolute Gasteiger partial charge is 0.368 e. The summed E-state index contributed by atoms with van der Waals surface area (Å²) in [5.74, 6) is 0.356. The van der Waals surface area contributed by atoms with Crippen molar-refractivity contribution in [3.8, 4) is 0 Å². The normalized spacial score (nSPS) is 22.1. The van der Waals surface area contributed by atoms with Gasteiger partial charge in [0.25, 0.3) is 0 Å². The van der Waals surface area contributed by atoms with E-state index in [0.29, 0.717) is 0 Å². The molecular weight excluding hydrogens is 178 g/mol. The van der Waals surface area contributed by atoms with E-state index in [1.165, 1.54) is 12.8 Å². The lowest BCUT2D eigenvalue weighted by atomic mass is 9.91. The number of amides is 1. The van der Waals surface area contributed by atoms with Gasteiger partial charge in [0.15, 0.2) is 0 Å². The van der Waals surface area contributed by atoms with Gasteiger partial charge in [0.1, 0.15) is 0 Å². The van der Waals surface area contributed by atoms with E-state index in [1.54, 1.807) is 0 Å². The Kier molecular flexibility index (Phi) is 4.35. The highest BCUT2D eigenvalue weighted by atomic mass is 16.1. The number of rotatable bonds is 4. The Morgan fingerprint density at radius 1 is 1.50 bits per heavy atom. The van der Waals surface area contributed by atoms with E-state index in [2.05, 4.69) is 11.9 Å². The van der Waals surface area contributed by atoms with Gasteiger partial charge in [0, 0.05) is 0 Å². The Hall–Kier alpha value is -0.610. The van der Waals surface area contributed by atoms with Crippen LogP contribution in [-0.2, 0) is 4.79 Å². The fourth-order valence-corrected chi connectivity index (χ4v) is 1.91. The molecule has 0 aromatic heterocycles. The van der Waals surface area contributed by atoms with Crippen LogP contribution in [0.1, 0.15) is 25.7 Å². The van der Waals surface area contributed by atoms with E-state index < -0.39 is 6.04 Å². The van der Waals surface area contributed by atoms with Crippen molar-refractivity contribution in [2.45, 2.75) is 31.7 Å². The molecule has 1 aliphatic heterocycles. The van der Waals surface area contributed by atoms with E-state index in [4.69, 9.17) is 11.5 Å². The van der Waals surface area contributed by atoms with Crippen molar-refractivity contribution < 1.29 is 4.79 Å². The molecule has 1 rings (SSSR count). The van der Waals surface area contributed by atoms with Gasteiger partial charge in [-0.3, -0.25) is 4.79 Å². The van der Waals surface area contributed by atoms with Crippen molar-refractivity contribution in [3.05, 3.63) is 0 Å². The minimum absolute atomic E-state index is 0.377. The minimum atomic E-state index is -0.449. The molecule has 0 spiro atoms. The second-order valence-corrected chi connectivity index (χ2v) is 4.33. The molecule has 0 saturated carbocycles. The van der Waals surface area contributed by atoms with E-state index >= 15 is 0 Å². The molecule has 1 amide bonds. The minimum Gasteiger partial charge on any atom is -0.368 e. The van der Waals surface area contributed by atoms with Crippen LogP contribution in [-0.4, -0.2) is 37.0 Å². The topological polar surface area (TPSA) is 72.3 Å². The third-order valence-electron chi connectivity index (χ3n) is 3.09. The first-order valence-corrected chi connectivity index (χ1v) is 5.33. The molecule has 1 unspecified atom stereocenters. The SMILES string of the molecule is CN1CCC(CCC(N)C(N)=O)CC1. The van der Waals surface area contributed by atoms with Crippen LogP contribution in [0, 0.1) is 5.92 Å². The number of nitrogens with two attached hydrogens (primary N) is 2. The lowest BCUT2D eigenvalue weighted by Crippen LogP contribution is -2.37. The van der Waals surface area contributed by atoms with Gasteiger partial charge in [-0.15, -0.1) is 0 Å². The predicted molar refractivity (Wildman–Crippen MR) is 56.6 cm³/mol. The zero-order valence-electron chi connectivity index (χ0n) is 8.91. The molecule has 0 radical (unpaired) electrons. The Bertz CT molecular complexity index is 188. The monoisotopic (exact) mass is 199 g/mol. The summed E-state index contributed by atoms with van der Waals surface area (Å²) in [6.07, 6.45) is 4.23. The van der Waals surface area contributed by atoms with Crippen LogP contribution in [0.3, 0.4) is 0 Å². The van der Waals surface area contributed by atoms with Crippen LogP contribution < -0.4 is 11.5 Å².